The molecule has 3 aromatic rings. The van der Waals surface area contributed by atoms with Gasteiger partial charge in [0, 0.05) is 0 Å². The second kappa shape index (κ2) is 7.34. The molecule has 1 aliphatic rings. The molecule has 0 radical (unpaired) electrons. The maximum atomic E-state index is 12.6. The van der Waals surface area contributed by atoms with Crippen LogP contribution < -0.4 is 4.90 Å². The van der Waals surface area contributed by atoms with E-state index in [0.717, 1.165) is 11.1 Å². The van der Waals surface area contributed by atoms with Crippen LogP contribution in [0.4, 0.5) is 16.3 Å². The van der Waals surface area contributed by atoms with E-state index in [9.17, 15) is 20.0 Å². The van der Waals surface area contributed by atoms with Gasteiger partial charge in [-0.1, -0.05) is 36.4 Å². The van der Waals surface area contributed by atoms with E-state index in [1.54, 1.807) is 19.1 Å². The number of phenolic OH excluding ortho intramolecular Hbond substituents is 1. The predicted molar refractivity (Wildman–Crippen MR) is 110 cm³/mol. The molecule has 1 fully saturated rings. The maximum Gasteiger partial charge on any atom is 0.415 e. The number of carbonyl (C=O) groups excluding carboxylic acids is 1. The van der Waals surface area contributed by atoms with Gasteiger partial charge in [-0.25, -0.2) is 4.79 Å². The van der Waals surface area contributed by atoms with Gasteiger partial charge in [-0.15, -0.1) is 0 Å². The molecule has 1 saturated heterocycles. The summed E-state index contributed by atoms with van der Waals surface area (Å²) in [6.45, 7) is 1.86. The number of carbonyl (C=O) groups is 1. The number of hydrogen-bond acceptors (Lipinski definition) is 6. The zero-order chi connectivity index (χ0) is 21.5. The predicted octanol–water partition coefficient (Wildman–Crippen LogP) is 4.23. The Balaban J connectivity index is 1.61. The minimum atomic E-state index is -1.04. The van der Waals surface area contributed by atoms with Gasteiger partial charge in [0.2, 0.25) is 0 Å². The highest BCUT2D eigenvalue weighted by atomic mass is 35.5. The zero-order valence-electron chi connectivity index (χ0n) is 15.9. The normalized spacial score (nSPS) is 18.5. The van der Waals surface area contributed by atoms with E-state index in [1.807, 2.05) is 30.3 Å². The number of cyclic esters (lactones) is 1. The summed E-state index contributed by atoms with van der Waals surface area (Å²) in [5, 5.41) is 21.2. The molecule has 0 aliphatic carbocycles. The fourth-order valence-electron chi connectivity index (χ4n) is 3.45. The largest absolute Gasteiger partial charge is 0.506 e. The maximum absolute atomic E-state index is 12.6. The van der Waals surface area contributed by atoms with Crippen LogP contribution in [0.1, 0.15) is 6.92 Å². The summed E-state index contributed by atoms with van der Waals surface area (Å²) in [4.78, 5) is 27.9. The number of imidazole rings is 1. The first-order valence-corrected chi connectivity index (χ1v) is 9.39. The van der Waals surface area contributed by atoms with Crippen molar-refractivity contribution in [2.24, 2.45) is 0 Å². The van der Waals surface area contributed by atoms with Crippen LogP contribution in [0.3, 0.4) is 0 Å². The second-order valence-corrected chi connectivity index (χ2v) is 7.56. The molecule has 2 heterocycles. The Kier molecular flexibility index (Phi) is 4.83. The average Bonchev–Trinajstić information content (AvgIpc) is 3.22. The van der Waals surface area contributed by atoms with Crippen LogP contribution in [0.15, 0.2) is 54.7 Å². The van der Waals surface area contributed by atoms with E-state index >= 15 is 0 Å². The highest BCUT2D eigenvalue weighted by Crippen LogP contribution is 2.37. The van der Waals surface area contributed by atoms with Crippen molar-refractivity contribution in [3.05, 3.63) is 70.1 Å². The second-order valence-electron chi connectivity index (χ2n) is 7.23. The summed E-state index contributed by atoms with van der Waals surface area (Å²) in [6.07, 6.45) is 0.557. The van der Waals surface area contributed by atoms with Crippen molar-refractivity contribution in [1.29, 1.82) is 0 Å². The number of phenols is 1. The van der Waals surface area contributed by atoms with E-state index in [-0.39, 0.29) is 24.1 Å². The molecular weight excluding hydrogens is 412 g/mol. The number of aromatic nitrogens is 2. The number of rotatable bonds is 5. The molecule has 1 unspecified atom stereocenters. The van der Waals surface area contributed by atoms with Gasteiger partial charge >= 0.3 is 17.2 Å². The van der Waals surface area contributed by atoms with Gasteiger partial charge in [-0.3, -0.25) is 9.47 Å². The lowest BCUT2D eigenvalue weighted by Crippen LogP contribution is -2.35. The van der Waals surface area contributed by atoms with E-state index in [0.29, 0.717) is 5.69 Å². The highest BCUT2D eigenvalue weighted by Gasteiger charge is 2.44. The first-order valence-electron chi connectivity index (χ1n) is 9.02. The van der Waals surface area contributed by atoms with E-state index in [1.165, 1.54) is 21.7 Å². The summed E-state index contributed by atoms with van der Waals surface area (Å²) in [5.74, 6) is -0.454. The quantitative estimate of drug-likeness (QED) is 0.480. The number of nitro groups is 1. The number of nitrogens with zero attached hydrogens (tertiary/aromatic N) is 4. The lowest BCUT2D eigenvalue weighted by atomic mass is 10.0. The topological polar surface area (TPSA) is 111 Å². The molecule has 154 valence electrons. The summed E-state index contributed by atoms with van der Waals surface area (Å²) in [5.41, 5.74) is 1.04. The number of ether oxygens (including phenoxy) is 1. The molecule has 4 rings (SSSR count). The van der Waals surface area contributed by atoms with Gasteiger partial charge in [0.1, 0.15) is 17.5 Å². The molecule has 10 heteroatoms. The van der Waals surface area contributed by atoms with E-state index in [2.05, 4.69) is 4.98 Å². The Labute approximate surface area is 176 Å². The standard InChI is InChI=1S/C20H17ClN4O5/c1-20(11-23-10-17(25(28)29)22-18(23)21)12-24(19(27)30-20)15-9-14(7-8-16(15)26)13-5-3-2-4-6-13/h2-10,26H,11-12H2,1H3. The van der Waals surface area contributed by atoms with Crippen LogP contribution in [0.25, 0.3) is 11.1 Å². The van der Waals surface area contributed by atoms with Crippen molar-refractivity contribution in [1.82, 2.24) is 9.55 Å². The molecular formula is C20H17ClN4O5. The molecule has 1 aliphatic heterocycles. The van der Waals surface area contributed by atoms with Crippen molar-refractivity contribution in [2.45, 2.75) is 19.1 Å². The Hall–Kier alpha value is -3.59. The van der Waals surface area contributed by atoms with Crippen molar-refractivity contribution in [3.63, 3.8) is 0 Å². The molecule has 1 aromatic heterocycles. The molecule has 2 aromatic carbocycles. The number of benzene rings is 2. The molecule has 30 heavy (non-hydrogen) atoms. The Morgan fingerprint density at radius 2 is 2.00 bits per heavy atom. The van der Waals surface area contributed by atoms with Gasteiger partial charge in [-0.05, 0) is 51.7 Å². The van der Waals surface area contributed by atoms with Crippen molar-refractivity contribution < 1.29 is 19.6 Å². The summed E-state index contributed by atoms with van der Waals surface area (Å²) < 4.78 is 6.90. The monoisotopic (exact) mass is 428 g/mol. The molecule has 0 bridgehead atoms. The van der Waals surface area contributed by atoms with E-state index < -0.39 is 22.4 Å². The Bertz CT molecular complexity index is 1130. The fraction of sp³-hybridized carbons (Fsp3) is 0.200. The number of aromatic hydroxyl groups is 1. The van der Waals surface area contributed by atoms with Crippen molar-refractivity contribution >= 4 is 29.2 Å². The summed E-state index contributed by atoms with van der Waals surface area (Å²) >= 11 is 5.99. The van der Waals surface area contributed by atoms with Gasteiger partial charge in [0.25, 0.3) is 0 Å². The van der Waals surface area contributed by atoms with Crippen LogP contribution in [0, 0.1) is 10.1 Å². The Morgan fingerprint density at radius 1 is 1.27 bits per heavy atom. The van der Waals surface area contributed by atoms with Crippen LogP contribution >= 0.6 is 11.6 Å². The number of anilines is 1. The molecule has 1 atom stereocenters. The third kappa shape index (κ3) is 3.67. The van der Waals surface area contributed by atoms with Crippen LogP contribution in [0.2, 0.25) is 5.28 Å². The fourth-order valence-corrected chi connectivity index (χ4v) is 3.65. The van der Waals surface area contributed by atoms with Crippen LogP contribution in [0.5, 0.6) is 5.75 Å². The Morgan fingerprint density at radius 3 is 2.67 bits per heavy atom. The lowest BCUT2D eigenvalue weighted by molar-refractivity contribution is -0.389. The van der Waals surface area contributed by atoms with Crippen molar-refractivity contribution in [3.8, 4) is 16.9 Å². The summed E-state index contributed by atoms with van der Waals surface area (Å²) in [6, 6.07) is 14.6. The third-order valence-corrected chi connectivity index (χ3v) is 5.13. The smallest absolute Gasteiger partial charge is 0.415 e. The molecule has 1 amide bonds. The van der Waals surface area contributed by atoms with Crippen molar-refractivity contribution in [2.75, 3.05) is 11.4 Å². The SMILES string of the molecule is CC1(Cn2cc([N+](=O)[O-])nc2Cl)CN(c2cc(-c3ccccc3)ccc2O)C(=O)O1. The number of hydrogen-bond donors (Lipinski definition) is 1. The first-order chi connectivity index (χ1) is 14.3. The zero-order valence-corrected chi connectivity index (χ0v) is 16.6. The lowest BCUT2D eigenvalue weighted by Gasteiger charge is -2.22. The minimum Gasteiger partial charge on any atom is -0.506 e. The third-order valence-electron chi connectivity index (χ3n) is 4.83. The molecule has 0 saturated carbocycles. The van der Waals surface area contributed by atoms with Gasteiger partial charge in [0.15, 0.2) is 0 Å². The average molecular weight is 429 g/mol. The summed E-state index contributed by atoms with van der Waals surface area (Å²) in [7, 11) is 0. The number of halogens is 1. The molecule has 1 N–H and O–H groups in total. The van der Waals surface area contributed by atoms with Gasteiger partial charge < -0.3 is 20.0 Å². The van der Waals surface area contributed by atoms with Gasteiger partial charge in [-0.2, -0.15) is 0 Å². The van der Waals surface area contributed by atoms with Crippen LogP contribution in [-0.4, -0.2) is 37.8 Å². The molecule has 9 nitrogen and oxygen atoms in total. The van der Waals surface area contributed by atoms with E-state index in [4.69, 9.17) is 16.3 Å². The first kappa shape index (κ1) is 19.7. The molecule has 0 spiro atoms. The minimum absolute atomic E-state index is 0.0628. The highest BCUT2D eigenvalue weighted by molar-refractivity contribution is 6.28. The van der Waals surface area contributed by atoms with Gasteiger partial charge in [0.05, 0.1) is 18.8 Å². The number of amides is 1. The van der Waals surface area contributed by atoms with Crippen LogP contribution in [-0.2, 0) is 11.3 Å².